The standard InChI is InChI=1S/C11H14BrNOS/c12-8-3-6-15-9(8)7-10(14)11(13)4-1-2-5-11/h3,6H,1-2,4-5,7,13H2. The van der Waals surface area contributed by atoms with Crippen LogP contribution in [-0.4, -0.2) is 11.3 Å². The molecule has 0 atom stereocenters. The van der Waals surface area contributed by atoms with E-state index in [1.54, 1.807) is 11.3 Å². The van der Waals surface area contributed by atoms with E-state index in [1.165, 1.54) is 0 Å². The van der Waals surface area contributed by atoms with Crippen molar-refractivity contribution in [3.63, 3.8) is 0 Å². The summed E-state index contributed by atoms with van der Waals surface area (Å²) in [5, 5.41) is 1.99. The zero-order valence-electron chi connectivity index (χ0n) is 8.46. The molecule has 2 nitrogen and oxygen atoms in total. The summed E-state index contributed by atoms with van der Waals surface area (Å²) >= 11 is 5.05. The second-order valence-corrected chi connectivity index (χ2v) is 6.01. The van der Waals surface area contributed by atoms with E-state index < -0.39 is 5.54 Å². The Morgan fingerprint density at radius 1 is 1.53 bits per heavy atom. The van der Waals surface area contributed by atoms with Crippen LogP contribution in [0, 0.1) is 0 Å². The van der Waals surface area contributed by atoms with Crippen LogP contribution in [0.4, 0.5) is 0 Å². The lowest BCUT2D eigenvalue weighted by molar-refractivity contribution is -0.123. The van der Waals surface area contributed by atoms with Gasteiger partial charge in [-0.05, 0) is 40.2 Å². The van der Waals surface area contributed by atoms with Crippen molar-refractivity contribution in [1.29, 1.82) is 0 Å². The molecule has 0 aromatic carbocycles. The lowest BCUT2D eigenvalue weighted by Gasteiger charge is -2.21. The van der Waals surface area contributed by atoms with Gasteiger partial charge in [-0.15, -0.1) is 11.3 Å². The number of hydrogen-bond acceptors (Lipinski definition) is 3. The summed E-state index contributed by atoms with van der Waals surface area (Å²) < 4.78 is 1.03. The summed E-state index contributed by atoms with van der Waals surface area (Å²) in [6.07, 6.45) is 4.38. The fourth-order valence-electron chi connectivity index (χ4n) is 2.06. The molecular weight excluding hydrogens is 274 g/mol. The van der Waals surface area contributed by atoms with Gasteiger partial charge in [0.15, 0.2) is 5.78 Å². The Morgan fingerprint density at radius 2 is 2.20 bits per heavy atom. The molecule has 0 unspecified atom stereocenters. The smallest absolute Gasteiger partial charge is 0.157 e. The molecule has 1 aromatic heterocycles. The third-order valence-corrected chi connectivity index (χ3v) is 4.99. The second kappa shape index (κ2) is 4.36. The van der Waals surface area contributed by atoms with Gasteiger partial charge in [0.25, 0.3) is 0 Å². The monoisotopic (exact) mass is 287 g/mol. The van der Waals surface area contributed by atoms with Gasteiger partial charge in [0.1, 0.15) is 0 Å². The van der Waals surface area contributed by atoms with Crippen LogP contribution in [-0.2, 0) is 11.2 Å². The van der Waals surface area contributed by atoms with Gasteiger partial charge < -0.3 is 5.73 Å². The largest absolute Gasteiger partial charge is 0.319 e. The molecule has 0 saturated heterocycles. The van der Waals surface area contributed by atoms with Crippen molar-refractivity contribution in [2.45, 2.75) is 37.6 Å². The van der Waals surface area contributed by atoms with E-state index in [-0.39, 0.29) is 5.78 Å². The maximum Gasteiger partial charge on any atom is 0.157 e. The minimum Gasteiger partial charge on any atom is -0.319 e. The molecule has 0 spiro atoms. The summed E-state index contributed by atoms with van der Waals surface area (Å²) in [5.74, 6) is 0.197. The van der Waals surface area contributed by atoms with Crippen molar-refractivity contribution in [1.82, 2.24) is 0 Å². The van der Waals surface area contributed by atoms with Crippen LogP contribution in [0.15, 0.2) is 15.9 Å². The first kappa shape index (κ1) is 11.3. The Labute approximate surface area is 102 Å². The predicted octanol–water partition coefficient (Wildman–Crippen LogP) is 2.89. The zero-order chi connectivity index (χ0) is 10.9. The van der Waals surface area contributed by atoms with Crippen LogP contribution >= 0.6 is 27.3 Å². The molecule has 2 N–H and O–H groups in total. The van der Waals surface area contributed by atoms with Crippen LogP contribution < -0.4 is 5.73 Å². The Balaban J connectivity index is 2.07. The van der Waals surface area contributed by atoms with E-state index in [4.69, 9.17) is 5.73 Å². The topological polar surface area (TPSA) is 43.1 Å². The number of ketones is 1. The van der Waals surface area contributed by atoms with E-state index in [9.17, 15) is 4.79 Å². The van der Waals surface area contributed by atoms with Crippen LogP contribution in [0.25, 0.3) is 0 Å². The van der Waals surface area contributed by atoms with Crippen molar-refractivity contribution in [3.8, 4) is 0 Å². The minimum absolute atomic E-state index is 0.197. The third-order valence-electron chi connectivity index (χ3n) is 3.06. The maximum absolute atomic E-state index is 12.0. The normalized spacial score (nSPS) is 19.3. The summed E-state index contributed by atoms with van der Waals surface area (Å²) in [4.78, 5) is 13.1. The van der Waals surface area contributed by atoms with Crippen molar-refractivity contribution in [2.75, 3.05) is 0 Å². The Hall–Kier alpha value is -0.190. The van der Waals surface area contributed by atoms with Crippen molar-refractivity contribution >= 4 is 33.0 Å². The summed E-state index contributed by atoms with van der Waals surface area (Å²) in [6, 6.07) is 1.98. The van der Waals surface area contributed by atoms with Gasteiger partial charge in [-0.1, -0.05) is 12.8 Å². The molecule has 1 heterocycles. The first-order valence-corrected chi connectivity index (χ1v) is 6.83. The van der Waals surface area contributed by atoms with E-state index in [0.29, 0.717) is 6.42 Å². The molecule has 1 saturated carbocycles. The number of hydrogen-bond donors (Lipinski definition) is 1. The van der Waals surface area contributed by atoms with Gasteiger partial charge in [0.2, 0.25) is 0 Å². The number of rotatable bonds is 3. The van der Waals surface area contributed by atoms with E-state index in [0.717, 1.165) is 35.0 Å². The summed E-state index contributed by atoms with van der Waals surface area (Å²) in [6.45, 7) is 0. The molecule has 0 radical (unpaired) electrons. The number of carbonyl (C=O) groups excluding carboxylic acids is 1. The number of Topliss-reactive ketones (excluding diaryl/α,β-unsaturated/α-hetero) is 1. The van der Waals surface area contributed by atoms with E-state index in [1.807, 2.05) is 11.4 Å². The van der Waals surface area contributed by atoms with Gasteiger partial charge in [-0.3, -0.25) is 4.79 Å². The van der Waals surface area contributed by atoms with Gasteiger partial charge in [-0.25, -0.2) is 0 Å². The Morgan fingerprint density at radius 3 is 2.73 bits per heavy atom. The van der Waals surface area contributed by atoms with Crippen LogP contribution in [0.1, 0.15) is 30.6 Å². The lowest BCUT2D eigenvalue weighted by atomic mass is 9.91. The highest BCUT2D eigenvalue weighted by Crippen LogP contribution is 2.31. The molecular formula is C11H14BrNOS. The third kappa shape index (κ3) is 2.32. The van der Waals surface area contributed by atoms with Crippen LogP contribution in [0.5, 0.6) is 0 Å². The van der Waals surface area contributed by atoms with E-state index >= 15 is 0 Å². The Bertz CT molecular complexity index is 368. The number of halogens is 1. The number of thiophene rings is 1. The first-order chi connectivity index (χ1) is 7.12. The number of nitrogens with two attached hydrogens (primary N) is 1. The van der Waals surface area contributed by atoms with Crippen molar-refractivity contribution < 1.29 is 4.79 Å². The zero-order valence-corrected chi connectivity index (χ0v) is 10.9. The van der Waals surface area contributed by atoms with E-state index in [2.05, 4.69) is 15.9 Å². The number of carbonyl (C=O) groups is 1. The van der Waals surface area contributed by atoms with Gasteiger partial charge >= 0.3 is 0 Å². The maximum atomic E-state index is 12.0. The summed E-state index contributed by atoms with van der Waals surface area (Å²) in [5.41, 5.74) is 5.57. The molecule has 1 aliphatic carbocycles. The molecule has 0 aliphatic heterocycles. The van der Waals surface area contributed by atoms with Crippen LogP contribution in [0.2, 0.25) is 0 Å². The van der Waals surface area contributed by atoms with Crippen molar-refractivity contribution in [3.05, 3.63) is 20.8 Å². The predicted molar refractivity (Wildman–Crippen MR) is 66.1 cm³/mol. The highest BCUT2D eigenvalue weighted by atomic mass is 79.9. The fraction of sp³-hybridized carbons (Fsp3) is 0.545. The lowest BCUT2D eigenvalue weighted by Crippen LogP contribution is -2.46. The molecule has 1 aliphatic rings. The molecule has 1 fully saturated rings. The highest BCUT2D eigenvalue weighted by Gasteiger charge is 2.36. The molecule has 15 heavy (non-hydrogen) atoms. The average Bonchev–Trinajstić information content (AvgIpc) is 2.78. The fourth-order valence-corrected chi connectivity index (χ4v) is 3.55. The van der Waals surface area contributed by atoms with Gasteiger partial charge in [0.05, 0.1) is 5.54 Å². The highest BCUT2D eigenvalue weighted by molar-refractivity contribution is 9.10. The minimum atomic E-state index is -0.538. The molecule has 0 amide bonds. The molecule has 1 aromatic rings. The molecule has 4 heteroatoms. The summed E-state index contributed by atoms with van der Waals surface area (Å²) in [7, 11) is 0. The SMILES string of the molecule is NC1(C(=O)Cc2sccc2Br)CCCC1. The second-order valence-electron chi connectivity index (χ2n) is 4.15. The van der Waals surface area contributed by atoms with Crippen molar-refractivity contribution in [2.24, 2.45) is 5.73 Å². The Kier molecular flexibility index (Phi) is 3.28. The quantitative estimate of drug-likeness (QED) is 0.929. The molecule has 82 valence electrons. The average molecular weight is 288 g/mol. The molecule has 2 rings (SSSR count). The van der Waals surface area contributed by atoms with Gasteiger partial charge in [-0.2, -0.15) is 0 Å². The van der Waals surface area contributed by atoms with Crippen LogP contribution in [0.3, 0.4) is 0 Å². The van der Waals surface area contributed by atoms with Gasteiger partial charge in [0, 0.05) is 15.8 Å². The first-order valence-electron chi connectivity index (χ1n) is 5.16. The molecule has 0 bridgehead atoms.